The highest BCUT2D eigenvalue weighted by Gasteiger charge is 2.43. The minimum Gasteiger partial charge on any atom is -0.378 e. The van der Waals surface area contributed by atoms with E-state index in [9.17, 15) is 0 Å². The van der Waals surface area contributed by atoms with Gasteiger partial charge in [0.15, 0.2) is 0 Å². The lowest BCUT2D eigenvalue weighted by Gasteiger charge is -2.26. The lowest BCUT2D eigenvalue weighted by atomic mass is 9.94. The van der Waals surface area contributed by atoms with Crippen molar-refractivity contribution in [2.45, 2.75) is 44.6 Å². The van der Waals surface area contributed by atoms with Crippen molar-refractivity contribution < 1.29 is 4.74 Å². The van der Waals surface area contributed by atoms with Crippen LogP contribution < -0.4 is 5.73 Å². The minimum absolute atomic E-state index is 0.502. The van der Waals surface area contributed by atoms with Gasteiger partial charge in [0.2, 0.25) is 0 Å². The maximum Gasteiger partial charge on any atom is 0.0580 e. The summed E-state index contributed by atoms with van der Waals surface area (Å²) in [5.41, 5.74) is 6.23. The van der Waals surface area contributed by atoms with Gasteiger partial charge in [-0.05, 0) is 50.5 Å². The lowest BCUT2D eigenvalue weighted by molar-refractivity contribution is -0.000563. The van der Waals surface area contributed by atoms with E-state index in [4.69, 9.17) is 10.5 Å². The van der Waals surface area contributed by atoms with E-state index in [0.717, 1.165) is 13.2 Å². The molecule has 0 bridgehead atoms. The average Bonchev–Trinajstić information content (AvgIpc) is 2.88. The molecule has 1 saturated carbocycles. The topological polar surface area (TPSA) is 35.2 Å². The molecular formula is C10H19NO. The number of hydrogen-bond donors (Lipinski definition) is 1. The molecule has 0 amide bonds. The second kappa shape index (κ2) is 3.35. The maximum absolute atomic E-state index is 5.73. The molecule has 2 heteroatoms. The zero-order valence-corrected chi connectivity index (χ0v) is 7.72. The van der Waals surface area contributed by atoms with Crippen LogP contribution in [0.15, 0.2) is 0 Å². The number of rotatable bonds is 3. The molecule has 12 heavy (non-hydrogen) atoms. The molecule has 0 radical (unpaired) electrons. The SMILES string of the molecule is NCC1(CC2CCCCO2)CC1. The fraction of sp³-hybridized carbons (Fsp3) is 1.00. The Morgan fingerprint density at radius 2 is 2.17 bits per heavy atom. The highest BCUT2D eigenvalue weighted by Crippen LogP contribution is 2.49. The molecule has 1 heterocycles. The normalized spacial score (nSPS) is 33.2. The van der Waals surface area contributed by atoms with Crippen molar-refractivity contribution in [2.24, 2.45) is 11.1 Å². The monoisotopic (exact) mass is 169 g/mol. The molecular weight excluding hydrogens is 150 g/mol. The highest BCUT2D eigenvalue weighted by atomic mass is 16.5. The molecule has 70 valence electrons. The van der Waals surface area contributed by atoms with E-state index in [2.05, 4.69) is 0 Å². The van der Waals surface area contributed by atoms with Crippen molar-refractivity contribution >= 4 is 0 Å². The van der Waals surface area contributed by atoms with Crippen molar-refractivity contribution in [3.8, 4) is 0 Å². The molecule has 1 atom stereocenters. The first-order chi connectivity index (χ1) is 5.85. The van der Waals surface area contributed by atoms with Crippen molar-refractivity contribution in [2.75, 3.05) is 13.2 Å². The highest BCUT2D eigenvalue weighted by molar-refractivity contribution is 4.95. The van der Waals surface area contributed by atoms with E-state index >= 15 is 0 Å². The van der Waals surface area contributed by atoms with E-state index in [-0.39, 0.29) is 0 Å². The Labute approximate surface area is 74.5 Å². The summed E-state index contributed by atoms with van der Waals surface area (Å²) in [6, 6.07) is 0. The molecule has 1 aliphatic heterocycles. The molecule has 2 aliphatic rings. The zero-order valence-electron chi connectivity index (χ0n) is 7.72. The molecule has 2 nitrogen and oxygen atoms in total. The van der Waals surface area contributed by atoms with Crippen LogP contribution in [0.4, 0.5) is 0 Å². The standard InChI is InChI=1S/C10H19NO/c11-8-10(4-5-10)7-9-3-1-2-6-12-9/h9H,1-8,11H2. The summed E-state index contributed by atoms with van der Waals surface area (Å²) in [6.45, 7) is 1.85. The molecule has 2 N–H and O–H groups in total. The maximum atomic E-state index is 5.73. The summed E-state index contributed by atoms with van der Waals surface area (Å²) < 4.78 is 5.70. The predicted octanol–water partition coefficient (Wildman–Crippen LogP) is 1.68. The summed E-state index contributed by atoms with van der Waals surface area (Å²) in [6.07, 6.45) is 8.31. The van der Waals surface area contributed by atoms with Gasteiger partial charge < -0.3 is 10.5 Å². The number of hydrogen-bond acceptors (Lipinski definition) is 2. The first kappa shape index (κ1) is 8.52. The zero-order chi connectivity index (χ0) is 8.44. The first-order valence-corrected chi connectivity index (χ1v) is 5.16. The fourth-order valence-corrected chi connectivity index (χ4v) is 2.12. The Bertz CT molecular complexity index is 148. The van der Waals surface area contributed by atoms with Gasteiger partial charge >= 0.3 is 0 Å². The Morgan fingerprint density at radius 3 is 2.67 bits per heavy atom. The lowest BCUT2D eigenvalue weighted by Crippen LogP contribution is -2.26. The van der Waals surface area contributed by atoms with Crippen LogP contribution in [0.5, 0.6) is 0 Å². The second-order valence-corrected chi connectivity index (χ2v) is 4.40. The Hall–Kier alpha value is -0.0800. The molecule has 2 rings (SSSR count). The molecule has 0 aromatic carbocycles. The van der Waals surface area contributed by atoms with Crippen LogP contribution in [0, 0.1) is 5.41 Å². The summed E-state index contributed by atoms with van der Waals surface area (Å²) in [7, 11) is 0. The molecule has 2 fully saturated rings. The summed E-state index contributed by atoms with van der Waals surface area (Å²) >= 11 is 0. The second-order valence-electron chi connectivity index (χ2n) is 4.40. The smallest absolute Gasteiger partial charge is 0.0580 e. The number of ether oxygens (including phenoxy) is 1. The van der Waals surface area contributed by atoms with E-state index in [1.54, 1.807) is 0 Å². The first-order valence-electron chi connectivity index (χ1n) is 5.16. The van der Waals surface area contributed by atoms with Crippen LogP contribution in [-0.4, -0.2) is 19.3 Å². The Kier molecular flexibility index (Phi) is 2.37. The van der Waals surface area contributed by atoms with Crippen molar-refractivity contribution in [3.05, 3.63) is 0 Å². The average molecular weight is 169 g/mol. The van der Waals surface area contributed by atoms with Gasteiger partial charge in [-0.15, -0.1) is 0 Å². The fourth-order valence-electron chi connectivity index (χ4n) is 2.12. The molecule has 0 spiro atoms. The van der Waals surface area contributed by atoms with Crippen LogP contribution in [0.2, 0.25) is 0 Å². The van der Waals surface area contributed by atoms with E-state index in [1.165, 1.54) is 38.5 Å². The van der Waals surface area contributed by atoms with Gasteiger partial charge in [-0.1, -0.05) is 0 Å². The third kappa shape index (κ3) is 1.80. The van der Waals surface area contributed by atoms with Gasteiger partial charge in [0, 0.05) is 6.61 Å². The van der Waals surface area contributed by atoms with Crippen molar-refractivity contribution in [3.63, 3.8) is 0 Å². The van der Waals surface area contributed by atoms with E-state index < -0.39 is 0 Å². The van der Waals surface area contributed by atoms with E-state index in [1.807, 2.05) is 0 Å². The van der Waals surface area contributed by atoms with Crippen LogP contribution >= 0.6 is 0 Å². The van der Waals surface area contributed by atoms with Gasteiger partial charge in [0.05, 0.1) is 6.10 Å². The molecule has 1 saturated heterocycles. The molecule has 0 aromatic rings. The molecule has 0 aromatic heterocycles. The quantitative estimate of drug-likeness (QED) is 0.697. The Balaban J connectivity index is 1.77. The Morgan fingerprint density at radius 1 is 1.33 bits per heavy atom. The van der Waals surface area contributed by atoms with E-state index in [0.29, 0.717) is 11.5 Å². The van der Waals surface area contributed by atoms with Crippen LogP contribution in [0.1, 0.15) is 38.5 Å². The van der Waals surface area contributed by atoms with Crippen molar-refractivity contribution in [1.29, 1.82) is 0 Å². The third-order valence-corrected chi connectivity index (χ3v) is 3.32. The largest absolute Gasteiger partial charge is 0.378 e. The van der Waals surface area contributed by atoms with Crippen LogP contribution in [0.25, 0.3) is 0 Å². The summed E-state index contributed by atoms with van der Waals surface area (Å²) in [5, 5.41) is 0. The van der Waals surface area contributed by atoms with Crippen molar-refractivity contribution in [1.82, 2.24) is 0 Å². The predicted molar refractivity (Wildman–Crippen MR) is 48.9 cm³/mol. The third-order valence-electron chi connectivity index (χ3n) is 3.32. The van der Waals surface area contributed by atoms with Gasteiger partial charge in [0.1, 0.15) is 0 Å². The van der Waals surface area contributed by atoms with Gasteiger partial charge in [0.25, 0.3) is 0 Å². The van der Waals surface area contributed by atoms with Gasteiger partial charge in [-0.25, -0.2) is 0 Å². The van der Waals surface area contributed by atoms with Crippen LogP contribution in [0.3, 0.4) is 0 Å². The number of nitrogens with two attached hydrogens (primary N) is 1. The minimum atomic E-state index is 0.502. The summed E-state index contributed by atoms with van der Waals surface area (Å²) in [5.74, 6) is 0. The van der Waals surface area contributed by atoms with Gasteiger partial charge in [-0.3, -0.25) is 0 Å². The molecule has 1 aliphatic carbocycles. The summed E-state index contributed by atoms with van der Waals surface area (Å²) in [4.78, 5) is 0. The molecule has 1 unspecified atom stereocenters. The van der Waals surface area contributed by atoms with Gasteiger partial charge in [-0.2, -0.15) is 0 Å². The van der Waals surface area contributed by atoms with Crippen LogP contribution in [-0.2, 0) is 4.74 Å².